The summed E-state index contributed by atoms with van der Waals surface area (Å²) in [6.45, 7) is 1.99. The van der Waals surface area contributed by atoms with Gasteiger partial charge in [-0.15, -0.1) is 0 Å². The summed E-state index contributed by atoms with van der Waals surface area (Å²) in [5.74, 6) is -1.28. The first-order valence-electron chi connectivity index (χ1n) is 10.00. The second-order valence-corrected chi connectivity index (χ2v) is 7.99. The van der Waals surface area contributed by atoms with Crippen LogP contribution in [0.1, 0.15) is 24.1 Å². The van der Waals surface area contributed by atoms with Crippen LogP contribution in [0.2, 0.25) is 5.02 Å². The van der Waals surface area contributed by atoms with Gasteiger partial charge in [0, 0.05) is 24.5 Å². The van der Waals surface area contributed by atoms with Crippen LogP contribution >= 0.6 is 11.6 Å². The van der Waals surface area contributed by atoms with Gasteiger partial charge < -0.3 is 20.6 Å². The topological polar surface area (TPSA) is 82.7 Å². The number of hydrogen-bond donors (Lipinski definition) is 2. The van der Waals surface area contributed by atoms with E-state index < -0.39 is 35.6 Å². The molecule has 1 aromatic heterocycles. The zero-order chi connectivity index (χ0) is 23.6. The smallest absolute Gasteiger partial charge is 0.390 e. The molecule has 11 heteroatoms. The molecule has 2 heterocycles. The van der Waals surface area contributed by atoms with Crippen LogP contribution in [0.25, 0.3) is 0 Å². The lowest BCUT2D eigenvalue weighted by molar-refractivity contribution is -0.137. The molecule has 0 bridgehead atoms. The fourth-order valence-electron chi connectivity index (χ4n) is 3.72. The molecule has 3 N–H and O–H groups in total. The van der Waals surface area contributed by atoms with Gasteiger partial charge in [-0.1, -0.05) is 11.6 Å². The summed E-state index contributed by atoms with van der Waals surface area (Å²) in [5, 5.41) is 10.4. The molecule has 6 nitrogen and oxygen atoms in total. The predicted octanol–water partition coefficient (Wildman–Crippen LogP) is 3.52. The van der Waals surface area contributed by atoms with Crippen molar-refractivity contribution in [3.8, 4) is 0 Å². The maximum absolute atomic E-state index is 13.6. The van der Waals surface area contributed by atoms with Crippen molar-refractivity contribution in [1.82, 2.24) is 4.98 Å². The van der Waals surface area contributed by atoms with Crippen molar-refractivity contribution in [1.29, 1.82) is 0 Å². The first kappa shape index (κ1) is 24.2. The van der Waals surface area contributed by atoms with E-state index in [2.05, 4.69) is 4.98 Å². The van der Waals surface area contributed by atoms with E-state index in [-0.39, 0.29) is 42.6 Å². The molecule has 0 saturated carbocycles. The van der Waals surface area contributed by atoms with Crippen molar-refractivity contribution in [3.05, 3.63) is 52.4 Å². The molecule has 3 rings (SSSR count). The number of pyridine rings is 1. The highest BCUT2D eigenvalue weighted by Crippen LogP contribution is 2.34. The van der Waals surface area contributed by atoms with E-state index in [0.717, 1.165) is 18.2 Å². The van der Waals surface area contributed by atoms with Crippen LogP contribution in [0.3, 0.4) is 0 Å². The number of anilines is 2. The maximum atomic E-state index is 13.6. The monoisotopic (exact) mass is 474 g/mol. The van der Waals surface area contributed by atoms with Crippen LogP contribution in [-0.2, 0) is 11.0 Å². The normalized spacial score (nSPS) is 18.8. The van der Waals surface area contributed by atoms with Crippen molar-refractivity contribution in [3.63, 3.8) is 0 Å². The van der Waals surface area contributed by atoms with E-state index in [9.17, 15) is 27.5 Å². The molecule has 1 fully saturated rings. The maximum Gasteiger partial charge on any atom is 0.416 e. The molecule has 0 aliphatic carbocycles. The summed E-state index contributed by atoms with van der Waals surface area (Å²) in [6.07, 6.45) is -5.14. The Labute approximate surface area is 187 Å². The number of hydrogen-bond acceptors (Lipinski definition) is 5. The molecule has 1 aliphatic heterocycles. The summed E-state index contributed by atoms with van der Waals surface area (Å²) in [5.41, 5.74) is 5.12. The van der Waals surface area contributed by atoms with Crippen molar-refractivity contribution in [2.75, 3.05) is 29.4 Å². The van der Waals surface area contributed by atoms with Gasteiger partial charge in [-0.3, -0.25) is 4.79 Å². The summed E-state index contributed by atoms with van der Waals surface area (Å²) in [6, 6.07) is 4.37. The van der Waals surface area contributed by atoms with Crippen LogP contribution in [0.4, 0.5) is 29.1 Å². The molecule has 32 heavy (non-hydrogen) atoms. The van der Waals surface area contributed by atoms with Crippen molar-refractivity contribution < 1.29 is 27.5 Å². The van der Waals surface area contributed by atoms with E-state index in [1.165, 1.54) is 28.9 Å². The molecule has 174 valence electrons. The average Bonchev–Trinajstić information content (AvgIpc) is 3.11. The molecule has 0 spiro atoms. The summed E-state index contributed by atoms with van der Waals surface area (Å²) in [4.78, 5) is 20.4. The summed E-state index contributed by atoms with van der Waals surface area (Å²) >= 11 is 5.87. The number of carbonyl (C=O) groups is 1. The van der Waals surface area contributed by atoms with Gasteiger partial charge in [-0.25, -0.2) is 9.37 Å². The van der Waals surface area contributed by atoms with Crippen LogP contribution in [0.15, 0.2) is 30.3 Å². The van der Waals surface area contributed by atoms with Crippen molar-refractivity contribution in [2.24, 2.45) is 5.73 Å². The highest BCUT2D eigenvalue weighted by Gasteiger charge is 2.42. The summed E-state index contributed by atoms with van der Waals surface area (Å²) in [7, 11) is 0. The number of nitrogens with two attached hydrogens (primary N) is 1. The molecular formula is C21H23ClF4N4O2. The highest BCUT2D eigenvalue weighted by molar-refractivity contribution is 6.31. The number of alkyl halides is 3. The molecule has 0 unspecified atom stereocenters. The summed E-state index contributed by atoms with van der Waals surface area (Å²) < 4.78 is 53.5. The molecule has 1 amide bonds. The lowest BCUT2D eigenvalue weighted by Crippen LogP contribution is -2.51. The Bertz CT molecular complexity index is 989. The number of aryl methyl sites for hydroxylation is 1. The van der Waals surface area contributed by atoms with Gasteiger partial charge in [0.05, 0.1) is 16.7 Å². The molecule has 2 atom stereocenters. The van der Waals surface area contributed by atoms with Crippen LogP contribution in [-0.4, -0.2) is 47.8 Å². The van der Waals surface area contributed by atoms with Gasteiger partial charge in [0.1, 0.15) is 17.7 Å². The SMILES string of the molecule is Cc1cc(C(F)(F)F)cc(N2CC[C@@H](O)[C@H]2C(=O)N(CCCN)c2ccc(F)c(Cl)c2)n1. The number of amides is 1. The largest absolute Gasteiger partial charge is 0.416 e. The average molecular weight is 475 g/mol. The van der Waals surface area contributed by atoms with E-state index in [1.54, 1.807) is 0 Å². The van der Waals surface area contributed by atoms with Gasteiger partial charge in [0.25, 0.3) is 5.91 Å². The Morgan fingerprint density at radius 1 is 1.34 bits per heavy atom. The zero-order valence-electron chi connectivity index (χ0n) is 17.2. The second kappa shape index (κ2) is 9.60. The van der Waals surface area contributed by atoms with Crippen LogP contribution < -0.4 is 15.5 Å². The van der Waals surface area contributed by atoms with Crippen molar-refractivity contribution in [2.45, 2.75) is 38.1 Å². The van der Waals surface area contributed by atoms with Gasteiger partial charge >= 0.3 is 6.18 Å². The lowest BCUT2D eigenvalue weighted by atomic mass is 10.1. The molecule has 1 aromatic carbocycles. The third-order valence-corrected chi connectivity index (χ3v) is 5.54. The van der Waals surface area contributed by atoms with Crippen LogP contribution in [0, 0.1) is 12.7 Å². The minimum absolute atomic E-state index is 0.0526. The van der Waals surface area contributed by atoms with E-state index >= 15 is 0 Å². The number of aliphatic hydroxyl groups excluding tert-OH is 1. The molecule has 0 radical (unpaired) electrons. The number of halogens is 5. The number of rotatable bonds is 6. The molecule has 2 aromatic rings. The Kier molecular flexibility index (Phi) is 7.26. The van der Waals surface area contributed by atoms with E-state index in [0.29, 0.717) is 12.1 Å². The van der Waals surface area contributed by atoms with E-state index in [1.807, 2.05) is 0 Å². The van der Waals surface area contributed by atoms with Gasteiger partial charge in [-0.2, -0.15) is 13.2 Å². The first-order valence-corrected chi connectivity index (χ1v) is 10.4. The standard InChI is InChI=1S/C21H23ClF4N4O2/c1-12-9-13(21(24,25)26)10-18(28-12)30-8-5-17(31)19(30)20(32)29(7-2-6-27)14-3-4-16(23)15(22)11-14/h3-4,9-11,17,19,31H,2,5-8,27H2,1H3/t17-,19+/m1/s1. The third-order valence-electron chi connectivity index (χ3n) is 5.25. The number of nitrogens with zero attached hydrogens (tertiary/aromatic N) is 3. The first-order chi connectivity index (χ1) is 15.0. The lowest BCUT2D eigenvalue weighted by Gasteiger charge is -2.32. The number of aliphatic hydroxyl groups is 1. The van der Waals surface area contributed by atoms with Gasteiger partial charge in [-0.05, 0) is 56.6 Å². The Morgan fingerprint density at radius 3 is 2.69 bits per heavy atom. The number of aromatic nitrogens is 1. The fourth-order valence-corrected chi connectivity index (χ4v) is 3.90. The zero-order valence-corrected chi connectivity index (χ0v) is 18.0. The molecule has 1 saturated heterocycles. The Morgan fingerprint density at radius 2 is 2.06 bits per heavy atom. The Hall–Kier alpha value is -2.43. The highest BCUT2D eigenvalue weighted by atomic mass is 35.5. The fraction of sp³-hybridized carbons (Fsp3) is 0.429. The minimum atomic E-state index is -4.59. The number of benzene rings is 1. The Balaban J connectivity index is 1.99. The molecular weight excluding hydrogens is 452 g/mol. The number of carbonyl (C=O) groups excluding carboxylic acids is 1. The van der Waals surface area contributed by atoms with Crippen molar-refractivity contribution >= 4 is 29.0 Å². The van der Waals surface area contributed by atoms with Crippen LogP contribution in [0.5, 0.6) is 0 Å². The minimum Gasteiger partial charge on any atom is -0.390 e. The third kappa shape index (κ3) is 5.13. The van der Waals surface area contributed by atoms with Gasteiger partial charge in [0.2, 0.25) is 0 Å². The van der Waals surface area contributed by atoms with Gasteiger partial charge in [0.15, 0.2) is 0 Å². The second-order valence-electron chi connectivity index (χ2n) is 7.58. The van der Waals surface area contributed by atoms with E-state index in [4.69, 9.17) is 17.3 Å². The quantitative estimate of drug-likeness (QED) is 0.626. The predicted molar refractivity (Wildman–Crippen MR) is 113 cm³/mol. The molecule has 1 aliphatic rings.